The minimum Gasteiger partial charge on any atom is -0.380 e. The first-order valence-electron chi connectivity index (χ1n) is 10.8. The molecule has 1 saturated heterocycles. The van der Waals surface area contributed by atoms with Gasteiger partial charge in [0.25, 0.3) is 0 Å². The Hall–Kier alpha value is -3.47. The predicted octanol–water partition coefficient (Wildman–Crippen LogP) is 3.21. The molecule has 0 bridgehead atoms. The molecule has 2 aromatic carbocycles. The highest BCUT2D eigenvalue weighted by Crippen LogP contribution is 2.41. The molecular formula is C24H23F2N5O3. The second-order valence-electron chi connectivity index (χ2n) is 8.07. The molecule has 2 N–H and O–H groups in total. The summed E-state index contributed by atoms with van der Waals surface area (Å²) >= 11 is 0. The summed E-state index contributed by atoms with van der Waals surface area (Å²) in [6, 6.07) is 19.0. The van der Waals surface area contributed by atoms with Crippen LogP contribution in [0.1, 0.15) is 16.8 Å². The van der Waals surface area contributed by atoms with E-state index in [1.165, 1.54) is 6.20 Å². The molecule has 3 atom stereocenters. The molecule has 34 heavy (non-hydrogen) atoms. The van der Waals surface area contributed by atoms with Gasteiger partial charge in [0.05, 0.1) is 32.6 Å². The van der Waals surface area contributed by atoms with Gasteiger partial charge in [-0.25, -0.2) is 13.9 Å². The molecule has 8 nitrogen and oxygen atoms in total. The van der Waals surface area contributed by atoms with E-state index in [0.29, 0.717) is 6.61 Å². The number of nitrogen functional groups attached to an aromatic ring is 1. The van der Waals surface area contributed by atoms with E-state index in [-0.39, 0.29) is 37.0 Å². The van der Waals surface area contributed by atoms with Crippen molar-refractivity contribution in [3.05, 3.63) is 89.8 Å². The van der Waals surface area contributed by atoms with E-state index in [1.54, 1.807) is 0 Å². The van der Waals surface area contributed by atoms with Crippen LogP contribution in [0.2, 0.25) is 0 Å². The number of ether oxygens (including phenoxy) is 3. The third-order valence-corrected chi connectivity index (χ3v) is 5.75. The zero-order valence-electron chi connectivity index (χ0n) is 18.2. The summed E-state index contributed by atoms with van der Waals surface area (Å²) in [5, 5.41) is 3.68. The smallest absolute Gasteiger partial charge is 0.328 e. The molecule has 0 amide bonds. The van der Waals surface area contributed by atoms with Gasteiger partial charge in [0.15, 0.2) is 11.5 Å². The van der Waals surface area contributed by atoms with Gasteiger partial charge in [-0.15, -0.1) is 5.10 Å². The lowest BCUT2D eigenvalue weighted by molar-refractivity contribution is -0.0860. The van der Waals surface area contributed by atoms with E-state index < -0.39 is 24.0 Å². The van der Waals surface area contributed by atoms with Gasteiger partial charge in [-0.3, -0.25) is 0 Å². The number of fused-ring (bicyclic) bond motifs is 1. The average molecular weight is 467 g/mol. The van der Waals surface area contributed by atoms with Gasteiger partial charge in [0, 0.05) is 0 Å². The van der Waals surface area contributed by atoms with Crippen LogP contribution in [0.25, 0.3) is 5.65 Å². The van der Waals surface area contributed by atoms with Crippen molar-refractivity contribution in [1.29, 1.82) is 0 Å². The molecule has 1 aliphatic rings. The molecule has 0 saturated carbocycles. The van der Waals surface area contributed by atoms with Crippen molar-refractivity contribution in [1.82, 2.24) is 19.6 Å². The van der Waals surface area contributed by atoms with E-state index in [9.17, 15) is 4.39 Å². The predicted molar refractivity (Wildman–Crippen MR) is 119 cm³/mol. The van der Waals surface area contributed by atoms with Gasteiger partial charge in [0.2, 0.25) is 5.67 Å². The largest absolute Gasteiger partial charge is 0.380 e. The molecule has 0 radical (unpaired) electrons. The first kappa shape index (κ1) is 22.3. The number of alkyl halides is 1. The number of halogens is 2. The lowest BCUT2D eigenvalue weighted by atomic mass is 9.95. The molecule has 176 valence electrons. The maximum Gasteiger partial charge on any atom is 0.328 e. The SMILES string of the molecule is Nc1nc(F)nn2c(C3(F)CO[C@H](COCc4ccccc4)[C@H]3OCc3ccccc3)cnc12. The zero-order chi connectivity index (χ0) is 23.5. The van der Waals surface area contributed by atoms with Crippen LogP contribution in [-0.4, -0.2) is 45.0 Å². The fraction of sp³-hybridized carbons (Fsp3) is 0.292. The van der Waals surface area contributed by atoms with Crippen molar-refractivity contribution in [2.45, 2.75) is 31.1 Å². The Balaban J connectivity index is 1.41. The fourth-order valence-electron chi connectivity index (χ4n) is 4.07. The first-order valence-corrected chi connectivity index (χ1v) is 10.8. The van der Waals surface area contributed by atoms with Crippen LogP contribution < -0.4 is 5.73 Å². The van der Waals surface area contributed by atoms with Crippen molar-refractivity contribution in [2.75, 3.05) is 18.9 Å². The molecule has 10 heteroatoms. The van der Waals surface area contributed by atoms with Gasteiger partial charge >= 0.3 is 6.08 Å². The fourth-order valence-corrected chi connectivity index (χ4v) is 4.07. The Bertz CT molecular complexity index is 1260. The second-order valence-corrected chi connectivity index (χ2v) is 8.07. The maximum atomic E-state index is 16.6. The zero-order valence-corrected chi connectivity index (χ0v) is 18.2. The topological polar surface area (TPSA) is 96.8 Å². The standard InChI is InChI=1S/C24H23F2N5O3/c25-23-29-21(27)22-28-11-19(31(22)30-23)24(26)15-34-18(14-32-12-16-7-3-1-4-8-16)20(24)33-13-17-9-5-2-6-10-17/h1-11,18,20H,12-15H2,(H2,27,29,30)/t18-,20-,24?/m1/s1. The van der Waals surface area contributed by atoms with Crippen LogP contribution in [0.15, 0.2) is 66.9 Å². The minimum absolute atomic E-state index is 0.0286. The Kier molecular flexibility index (Phi) is 6.18. The van der Waals surface area contributed by atoms with E-state index in [2.05, 4.69) is 15.1 Å². The summed E-state index contributed by atoms with van der Waals surface area (Å²) in [5.74, 6) is -0.189. The third kappa shape index (κ3) is 4.35. The quantitative estimate of drug-likeness (QED) is 0.425. The Labute approximate surface area is 194 Å². The van der Waals surface area contributed by atoms with Gasteiger partial charge in [0.1, 0.15) is 17.9 Å². The molecule has 2 aromatic heterocycles. The number of hydrogen-bond donors (Lipinski definition) is 1. The molecular weight excluding hydrogens is 444 g/mol. The maximum absolute atomic E-state index is 16.6. The number of benzene rings is 2. The first-order chi connectivity index (χ1) is 16.5. The third-order valence-electron chi connectivity index (χ3n) is 5.75. The lowest BCUT2D eigenvalue weighted by Crippen LogP contribution is -2.42. The molecule has 0 aliphatic carbocycles. The second kappa shape index (κ2) is 9.41. The minimum atomic E-state index is -2.18. The van der Waals surface area contributed by atoms with E-state index in [4.69, 9.17) is 19.9 Å². The molecule has 0 spiro atoms. The summed E-state index contributed by atoms with van der Waals surface area (Å²) in [7, 11) is 0. The normalized spacial score (nSPS) is 22.4. The number of hydrogen-bond acceptors (Lipinski definition) is 7. The average Bonchev–Trinajstić information content (AvgIpc) is 3.41. The summed E-state index contributed by atoms with van der Waals surface area (Å²) in [6.07, 6.45) is -1.61. The summed E-state index contributed by atoms with van der Waals surface area (Å²) in [4.78, 5) is 7.55. The van der Waals surface area contributed by atoms with Crippen LogP contribution in [-0.2, 0) is 33.1 Å². The lowest BCUT2D eigenvalue weighted by Gasteiger charge is -2.28. The number of nitrogens with two attached hydrogens (primary N) is 1. The Morgan fingerprint density at radius 3 is 2.44 bits per heavy atom. The summed E-state index contributed by atoms with van der Waals surface area (Å²) in [6.45, 7) is 0.251. The van der Waals surface area contributed by atoms with E-state index in [1.807, 2.05) is 60.7 Å². The number of rotatable bonds is 8. The van der Waals surface area contributed by atoms with Gasteiger partial charge < -0.3 is 19.9 Å². The monoisotopic (exact) mass is 467 g/mol. The van der Waals surface area contributed by atoms with Crippen molar-refractivity contribution in [3.63, 3.8) is 0 Å². The van der Waals surface area contributed by atoms with Crippen molar-refractivity contribution >= 4 is 11.5 Å². The number of aromatic nitrogens is 4. The Morgan fingerprint density at radius 1 is 1.06 bits per heavy atom. The number of imidazole rings is 1. The molecule has 1 fully saturated rings. The van der Waals surface area contributed by atoms with E-state index in [0.717, 1.165) is 15.6 Å². The van der Waals surface area contributed by atoms with E-state index >= 15 is 4.39 Å². The number of nitrogens with zero attached hydrogens (tertiary/aromatic N) is 4. The van der Waals surface area contributed by atoms with Crippen molar-refractivity contribution in [3.8, 4) is 0 Å². The van der Waals surface area contributed by atoms with Crippen LogP contribution in [0, 0.1) is 6.08 Å². The molecule has 3 heterocycles. The summed E-state index contributed by atoms with van der Waals surface area (Å²) in [5.41, 5.74) is 5.45. The molecule has 5 rings (SSSR count). The Morgan fingerprint density at radius 2 is 1.74 bits per heavy atom. The highest BCUT2D eigenvalue weighted by Gasteiger charge is 2.55. The van der Waals surface area contributed by atoms with Crippen molar-refractivity contribution < 1.29 is 23.0 Å². The highest BCUT2D eigenvalue weighted by atomic mass is 19.1. The van der Waals surface area contributed by atoms with Crippen LogP contribution in [0.5, 0.6) is 0 Å². The van der Waals surface area contributed by atoms with Crippen LogP contribution in [0.3, 0.4) is 0 Å². The molecule has 1 aliphatic heterocycles. The van der Waals surface area contributed by atoms with Crippen LogP contribution in [0.4, 0.5) is 14.6 Å². The number of anilines is 1. The molecule has 4 aromatic rings. The summed E-state index contributed by atoms with van der Waals surface area (Å²) < 4.78 is 49.2. The van der Waals surface area contributed by atoms with Gasteiger partial charge in [-0.05, 0) is 11.1 Å². The van der Waals surface area contributed by atoms with Gasteiger partial charge in [-0.2, -0.15) is 9.37 Å². The highest BCUT2D eigenvalue weighted by molar-refractivity contribution is 5.59. The molecule has 1 unspecified atom stereocenters. The van der Waals surface area contributed by atoms with Gasteiger partial charge in [-0.1, -0.05) is 60.7 Å². The van der Waals surface area contributed by atoms with Crippen molar-refractivity contribution in [2.24, 2.45) is 0 Å². The van der Waals surface area contributed by atoms with Crippen LogP contribution >= 0.6 is 0 Å².